The Balaban J connectivity index is 1.69. The highest BCUT2D eigenvalue weighted by Crippen LogP contribution is 2.18. The van der Waals surface area contributed by atoms with E-state index < -0.39 is 5.82 Å². The molecule has 0 atom stereocenters. The molecule has 1 saturated heterocycles. The zero-order chi connectivity index (χ0) is 16.1. The summed E-state index contributed by atoms with van der Waals surface area (Å²) in [5, 5.41) is 4.09. The van der Waals surface area contributed by atoms with Crippen LogP contribution in [0.3, 0.4) is 0 Å². The van der Waals surface area contributed by atoms with Crippen molar-refractivity contribution in [3.63, 3.8) is 0 Å². The lowest BCUT2D eigenvalue weighted by atomic mass is 10.2. The lowest BCUT2D eigenvalue weighted by Crippen LogP contribution is -2.37. The van der Waals surface area contributed by atoms with Crippen molar-refractivity contribution in [3.8, 4) is 0 Å². The van der Waals surface area contributed by atoms with Gasteiger partial charge < -0.3 is 9.64 Å². The first kappa shape index (κ1) is 15.4. The molecule has 7 heteroatoms. The van der Waals surface area contributed by atoms with Gasteiger partial charge in [0.2, 0.25) is 5.95 Å². The lowest BCUT2D eigenvalue weighted by molar-refractivity contribution is 0.122. The van der Waals surface area contributed by atoms with Crippen LogP contribution in [0.15, 0.2) is 35.6 Å². The number of anilines is 2. The number of nitrogens with zero attached hydrogens (tertiary/aromatic N) is 4. The number of nitrogens with one attached hydrogen (secondary N) is 1. The second kappa shape index (κ2) is 7.15. The minimum absolute atomic E-state index is 0.260. The van der Waals surface area contributed by atoms with Crippen LogP contribution in [0, 0.1) is 12.7 Å². The molecule has 1 aromatic heterocycles. The van der Waals surface area contributed by atoms with Crippen LogP contribution in [0.4, 0.5) is 16.2 Å². The minimum Gasteiger partial charge on any atom is -0.378 e. The van der Waals surface area contributed by atoms with Gasteiger partial charge in [0.25, 0.3) is 0 Å². The monoisotopic (exact) mass is 315 g/mol. The smallest absolute Gasteiger partial charge is 0.245 e. The second-order valence-electron chi connectivity index (χ2n) is 5.25. The summed E-state index contributed by atoms with van der Waals surface area (Å²) in [6.07, 6.45) is 2.82. The number of aromatic nitrogens is 2. The molecule has 0 saturated carbocycles. The molecule has 0 aliphatic carbocycles. The quantitative estimate of drug-likeness (QED) is 0.692. The van der Waals surface area contributed by atoms with E-state index in [0.29, 0.717) is 26.3 Å². The van der Waals surface area contributed by atoms with Crippen molar-refractivity contribution in [2.24, 2.45) is 5.10 Å². The van der Waals surface area contributed by atoms with Crippen molar-refractivity contribution >= 4 is 18.0 Å². The fourth-order valence-electron chi connectivity index (χ4n) is 2.23. The predicted octanol–water partition coefficient (Wildman–Crippen LogP) is 2.21. The van der Waals surface area contributed by atoms with E-state index in [2.05, 4.69) is 20.5 Å². The highest BCUT2D eigenvalue weighted by molar-refractivity contribution is 5.80. The Labute approximate surface area is 134 Å². The van der Waals surface area contributed by atoms with Gasteiger partial charge in [-0.25, -0.2) is 14.8 Å². The Hall–Kier alpha value is -2.54. The van der Waals surface area contributed by atoms with Crippen molar-refractivity contribution < 1.29 is 9.13 Å². The van der Waals surface area contributed by atoms with E-state index in [4.69, 9.17) is 4.74 Å². The van der Waals surface area contributed by atoms with Crippen LogP contribution in [0.2, 0.25) is 0 Å². The number of morpholine rings is 1. The molecule has 1 aliphatic heterocycles. The van der Waals surface area contributed by atoms with Crippen molar-refractivity contribution in [3.05, 3.63) is 47.4 Å². The summed E-state index contributed by atoms with van der Waals surface area (Å²) in [6.45, 7) is 4.38. The highest BCUT2D eigenvalue weighted by atomic mass is 19.1. The Morgan fingerprint density at radius 2 is 2.00 bits per heavy atom. The van der Waals surface area contributed by atoms with Gasteiger partial charge in [-0.05, 0) is 12.5 Å². The summed E-state index contributed by atoms with van der Waals surface area (Å²) in [4.78, 5) is 9.95. The summed E-state index contributed by atoms with van der Waals surface area (Å²) >= 11 is 0. The van der Waals surface area contributed by atoms with Crippen LogP contribution >= 0.6 is 0 Å². The number of halogens is 1. The fourth-order valence-corrected chi connectivity index (χ4v) is 2.23. The maximum Gasteiger partial charge on any atom is 0.245 e. The maximum absolute atomic E-state index is 13.9. The lowest BCUT2D eigenvalue weighted by Gasteiger charge is -2.27. The summed E-state index contributed by atoms with van der Waals surface area (Å²) in [5.41, 5.74) is 4.88. The van der Waals surface area contributed by atoms with E-state index in [9.17, 15) is 4.39 Å². The Morgan fingerprint density at radius 1 is 1.26 bits per heavy atom. The van der Waals surface area contributed by atoms with Gasteiger partial charge in [0.1, 0.15) is 0 Å². The normalized spacial score (nSPS) is 15.1. The second-order valence-corrected chi connectivity index (χ2v) is 5.25. The van der Waals surface area contributed by atoms with Gasteiger partial charge in [-0.2, -0.15) is 10.1 Å². The van der Waals surface area contributed by atoms with Gasteiger partial charge in [-0.1, -0.05) is 29.8 Å². The SMILES string of the molecule is Cc1ccc(/C=N/Nc2ncc(F)c(N3CCOCC3)n2)cc1. The van der Waals surface area contributed by atoms with E-state index >= 15 is 0 Å². The van der Waals surface area contributed by atoms with Gasteiger partial charge >= 0.3 is 0 Å². The van der Waals surface area contributed by atoms with Crippen molar-refractivity contribution in [2.45, 2.75) is 6.92 Å². The zero-order valence-corrected chi connectivity index (χ0v) is 12.9. The molecule has 3 rings (SSSR count). The van der Waals surface area contributed by atoms with Crippen LogP contribution in [-0.4, -0.2) is 42.5 Å². The molecule has 23 heavy (non-hydrogen) atoms. The minimum atomic E-state index is -0.444. The molecule has 6 nitrogen and oxygen atoms in total. The van der Waals surface area contributed by atoms with Crippen molar-refractivity contribution in [1.29, 1.82) is 0 Å². The Kier molecular flexibility index (Phi) is 4.77. The summed E-state index contributed by atoms with van der Waals surface area (Å²) in [7, 11) is 0. The molecular weight excluding hydrogens is 297 g/mol. The molecule has 1 aromatic carbocycles. The van der Waals surface area contributed by atoms with Crippen LogP contribution in [0.5, 0.6) is 0 Å². The van der Waals surface area contributed by atoms with E-state index in [1.54, 1.807) is 6.21 Å². The third-order valence-corrected chi connectivity index (χ3v) is 3.49. The zero-order valence-electron chi connectivity index (χ0n) is 12.9. The number of benzene rings is 1. The van der Waals surface area contributed by atoms with Crippen LogP contribution in [0.25, 0.3) is 0 Å². The van der Waals surface area contributed by atoms with Gasteiger partial charge in [-0.15, -0.1) is 0 Å². The summed E-state index contributed by atoms with van der Waals surface area (Å²) < 4.78 is 19.2. The average molecular weight is 315 g/mol. The topological polar surface area (TPSA) is 62.6 Å². The average Bonchev–Trinajstić information content (AvgIpc) is 2.59. The molecule has 0 radical (unpaired) electrons. The number of hydrogen-bond donors (Lipinski definition) is 1. The van der Waals surface area contributed by atoms with Gasteiger partial charge in [0.05, 0.1) is 25.6 Å². The number of hydrogen-bond acceptors (Lipinski definition) is 6. The van der Waals surface area contributed by atoms with Crippen LogP contribution in [0.1, 0.15) is 11.1 Å². The van der Waals surface area contributed by atoms with E-state index in [1.807, 2.05) is 36.1 Å². The maximum atomic E-state index is 13.9. The molecule has 0 spiro atoms. The summed E-state index contributed by atoms with van der Waals surface area (Å²) in [6, 6.07) is 7.94. The third kappa shape index (κ3) is 4.01. The van der Waals surface area contributed by atoms with Gasteiger partial charge in [0.15, 0.2) is 11.6 Å². The summed E-state index contributed by atoms with van der Waals surface area (Å²) in [5.74, 6) is 0.0903. The van der Waals surface area contributed by atoms with Crippen molar-refractivity contribution in [2.75, 3.05) is 36.6 Å². The standard InChI is InChI=1S/C16H18FN5O/c1-12-2-4-13(5-3-12)10-19-21-16-18-11-14(17)15(20-16)22-6-8-23-9-7-22/h2-5,10-11H,6-9H2,1H3,(H,18,20,21)/b19-10+. The molecular formula is C16H18FN5O. The Bertz CT molecular complexity index is 683. The fraction of sp³-hybridized carbons (Fsp3) is 0.312. The molecule has 0 bridgehead atoms. The molecule has 2 heterocycles. The molecule has 2 aromatic rings. The number of hydrazone groups is 1. The third-order valence-electron chi connectivity index (χ3n) is 3.49. The van der Waals surface area contributed by atoms with Gasteiger partial charge in [0, 0.05) is 13.1 Å². The van der Waals surface area contributed by atoms with E-state index in [-0.39, 0.29) is 11.8 Å². The molecule has 1 N–H and O–H groups in total. The van der Waals surface area contributed by atoms with E-state index in [0.717, 1.165) is 11.8 Å². The van der Waals surface area contributed by atoms with E-state index in [1.165, 1.54) is 5.56 Å². The first-order chi connectivity index (χ1) is 11.2. The molecule has 0 amide bonds. The molecule has 0 unspecified atom stereocenters. The van der Waals surface area contributed by atoms with Gasteiger partial charge in [-0.3, -0.25) is 0 Å². The van der Waals surface area contributed by atoms with Crippen LogP contribution in [-0.2, 0) is 4.74 Å². The number of rotatable bonds is 4. The first-order valence-corrected chi connectivity index (χ1v) is 7.43. The van der Waals surface area contributed by atoms with Crippen LogP contribution < -0.4 is 10.3 Å². The Morgan fingerprint density at radius 3 is 2.74 bits per heavy atom. The molecule has 1 fully saturated rings. The number of ether oxygens (including phenoxy) is 1. The molecule has 1 aliphatic rings. The first-order valence-electron chi connectivity index (χ1n) is 7.43. The predicted molar refractivity (Wildman–Crippen MR) is 87.4 cm³/mol. The number of aryl methyl sites for hydroxylation is 1. The molecule has 120 valence electrons. The largest absolute Gasteiger partial charge is 0.378 e. The van der Waals surface area contributed by atoms with Crippen molar-refractivity contribution in [1.82, 2.24) is 9.97 Å². The highest BCUT2D eigenvalue weighted by Gasteiger charge is 2.17.